The van der Waals surface area contributed by atoms with Crippen LogP contribution in [0.1, 0.15) is 96.8 Å². The summed E-state index contributed by atoms with van der Waals surface area (Å²) < 4.78 is 0. The fraction of sp³-hybridized carbons (Fsp3) is 0.947. The van der Waals surface area contributed by atoms with Crippen molar-refractivity contribution in [3.63, 3.8) is 0 Å². The molecule has 8 nitrogen and oxygen atoms in total. The van der Waals surface area contributed by atoms with Crippen LogP contribution in [0.3, 0.4) is 0 Å². The molecule has 0 atom stereocenters. The molecule has 0 spiro atoms. The summed E-state index contributed by atoms with van der Waals surface area (Å²) >= 11 is 0. The molecule has 0 aromatic rings. The maximum atomic E-state index is 9.88. The zero-order valence-corrected chi connectivity index (χ0v) is 18.1. The molecule has 9 heteroatoms. The number of unbranched alkanes of at least 4 members (excludes halogenated alkanes) is 12. The minimum absolute atomic E-state index is 0. The lowest BCUT2D eigenvalue weighted by atomic mass is 10.1. The third kappa shape index (κ3) is 27.6. The van der Waals surface area contributed by atoms with Gasteiger partial charge in [0, 0.05) is 10.1 Å². The first kappa shape index (κ1) is 29.6. The van der Waals surface area contributed by atoms with E-state index in [0.29, 0.717) is 6.61 Å². The van der Waals surface area contributed by atoms with Crippen molar-refractivity contribution in [2.24, 2.45) is 0 Å². The Hall–Kier alpha value is -0.640. The van der Waals surface area contributed by atoms with Gasteiger partial charge in [-0.3, -0.25) is 0 Å². The molecule has 0 fully saturated rings. The summed E-state index contributed by atoms with van der Waals surface area (Å²) in [4.78, 5) is 18.1. The predicted molar refractivity (Wildman–Crippen MR) is 109 cm³/mol. The lowest BCUT2D eigenvalue weighted by Gasteiger charge is -2.05. The van der Waals surface area contributed by atoms with Crippen LogP contribution >= 0.6 is 12.4 Å². The average Bonchev–Trinajstić information content (AvgIpc) is 2.65. The van der Waals surface area contributed by atoms with Crippen LogP contribution in [0.4, 0.5) is 4.79 Å². The zero-order chi connectivity index (χ0) is 19.8. The molecule has 2 N–H and O–H groups in total. The van der Waals surface area contributed by atoms with Gasteiger partial charge in [-0.1, -0.05) is 77.6 Å². The first-order valence-electron chi connectivity index (χ1n) is 10.5. The van der Waals surface area contributed by atoms with Crippen LogP contribution in [0.25, 0.3) is 0 Å². The molecule has 0 heterocycles. The normalized spacial score (nSPS) is 10.6. The molecule has 0 unspecified atom stereocenters. The van der Waals surface area contributed by atoms with E-state index in [4.69, 9.17) is 5.11 Å². The number of halogens is 1. The van der Waals surface area contributed by atoms with E-state index in [0.717, 1.165) is 12.8 Å². The SMILES string of the molecule is CCCCCNCCCCCCCCCCCCCOOOOOC(=O)O.Cl. The standard InChI is InChI=1S/C19H39NO7.ClH/c1-2-3-13-16-20-17-14-11-9-7-5-4-6-8-10-12-15-18-23-25-27-26-24-19(21)22;/h20H,2-18H2,1H3,(H,21,22);1H. The van der Waals surface area contributed by atoms with E-state index in [9.17, 15) is 4.79 Å². The molecule has 0 amide bonds. The second-order valence-electron chi connectivity index (χ2n) is 6.72. The molecule has 0 bridgehead atoms. The predicted octanol–water partition coefficient (Wildman–Crippen LogP) is 5.90. The monoisotopic (exact) mass is 429 g/mol. The van der Waals surface area contributed by atoms with Gasteiger partial charge in [0.1, 0.15) is 0 Å². The Kier molecular flexibility index (Phi) is 27.8. The first-order chi connectivity index (χ1) is 13.3. The quantitative estimate of drug-likeness (QED) is 0.125. The van der Waals surface area contributed by atoms with Crippen LogP contribution in [0.15, 0.2) is 0 Å². The van der Waals surface area contributed by atoms with Gasteiger partial charge in [-0.2, -0.15) is 0 Å². The maximum absolute atomic E-state index is 9.88. The molecule has 0 saturated carbocycles. The van der Waals surface area contributed by atoms with Crippen molar-refractivity contribution in [3.05, 3.63) is 0 Å². The van der Waals surface area contributed by atoms with Crippen molar-refractivity contribution in [2.45, 2.75) is 96.8 Å². The Morgan fingerprint density at radius 2 is 1.21 bits per heavy atom. The Morgan fingerprint density at radius 3 is 1.75 bits per heavy atom. The van der Waals surface area contributed by atoms with Crippen LogP contribution in [-0.4, -0.2) is 31.0 Å². The largest absolute Gasteiger partial charge is 0.540 e. The second kappa shape index (κ2) is 26.4. The van der Waals surface area contributed by atoms with E-state index in [2.05, 4.69) is 37.1 Å². The van der Waals surface area contributed by atoms with E-state index in [-0.39, 0.29) is 12.4 Å². The van der Waals surface area contributed by atoms with Crippen molar-refractivity contribution in [2.75, 3.05) is 19.7 Å². The van der Waals surface area contributed by atoms with Gasteiger partial charge in [0.25, 0.3) is 0 Å². The third-order valence-electron chi connectivity index (χ3n) is 4.25. The van der Waals surface area contributed by atoms with Gasteiger partial charge in [0.05, 0.1) is 6.61 Å². The molecule has 0 aliphatic rings. The number of rotatable bonds is 22. The molecular formula is C19H40ClNO7. The van der Waals surface area contributed by atoms with Crippen molar-refractivity contribution in [1.82, 2.24) is 5.32 Å². The van der Waals surface area contributed by atoms with E-state index in [1.807, 2.05) is 0 Å². The molecule has 0 rings (SSSR count). The van der Waals surface area contributed by atoms with Gasteiger partial charge < -0.3 is 10.4 Å². The van der Waals surface area contributed by atoms with Crippen LogP contribution < -0.4 is 5.32 Å². The number of hydrogen-bond acceptors (Lipinski definition) is 7. The number of nitrogens with one attached hydrogen (secondary N) is 1. The molecule has 0 aliphatic heterocycles. The van der Waals surface area contributed by atoms with Crippen LogP contribution in [0.5, 0.6) is 0 Å². The molecule has 0 radical (unpaired) electrons. The number of carboxylic acid groups (broad SMARTS) is 1. The Bertz CT molecular complexity index is 312. The highest BCUT2D eigenvalue weighted by Crippen LogP contribution is 2.11. The van der Waals surface area contributed by atoms with Gasteiger partial charge in [0.15, 0.2) is 0 Å². The van der Waals surface area contributed by atoms with Gasteiger partial charge in [0.2, 0.25) is 0 Å². The van der Waals surface area contributed by atoms with Crippen molar-refractivity contribution in [3.8, 4) is 0 Å². The maximum Gasteiger partial charge on any atom is 0.540 e. The highest BCUT2D eigenvalue weighted by atomic mass is 35.5. The van der Waals surface area contributed by atoms with Gasteiger partial charge in [-0.05, 0) is 37.4 Å². The highest BCUT2D eigenvalue weighted by Gasteiger charge is 1.99. The fourth-order valence-electron chi connectivity index (χ4n) is 2.73. The topological polar surface area (TPSA) is 95.5 Å². The van der Waals surface area contributed by atoms with E-state index in [1.54, 1.807) is 0 Å². The van der Waals surface area contributed by atoms with E-state index >= 15 is 0 Å². The van der Waals surface area contributed by atoms with Crippen LogP contribution in [0.2, 0.25) is 0 Å². The molecule has 28 heavy (non-hydrogen) atoms. The summed E-state index contributed by atoms with van der Waals surface area (Å²) in [5.74, 6) is 0. The van der Waals surface area contributed by atoms with Gasteiger partial charge in [-0.25, -0.2) is 14.6 Å². The summed E-state index contributed by atoms with van der Waals surface area (Å²) in [6.07, 6.45) is 16.0. The van der Waals surface area contributed by atoms with Crippen molar-refractivity contribution >= 4 is 18.6 Å². The highest BCUT2D eigenvalue weighted by molar-refractivity contribution is 5.85. The minimum Gasteiger partial charge on any atom is -0.448 e. The smallest absolute Gasteiger partial charge is 0.448 e. The average molecular weight is 430 g/mol. The molecular weight excluding hydrogens is 390 g/mol. The van der Waals surface area contributed by atoms with Crippen molar-refractivity contribution < 1.29 is 34.8 Å². The zero-order valence-electron chi connectivity index (χ0n) is 17.3. The number of carbonyl (C=O) groups is 1. The summed E-state index contributed by atoms with van der Waals surface area (Å²) in [6, 6.07) is 0. The number of hydrogen-bond donors (Lipinski definition) is 2. The molecule has 0 saturated heterocycles. The first-order valence-corrected chi connectivity index (χ1v) is 10.5. The second-order valence-corrected chi connectivity index (χ2v) is 6.72. The summed E-state index contributed by atoms with van der Waals surface area (Å²) in [5, 5.41) is 23.2. The minimum atomic E-state index is -1.64. The summed E-state index contributed by atoms with van der Waals surface area (Å²) in [7, 11) is 0. The third-order valence-corrected chi connectivity index (χ3v) is 4.25. The molecule has 170 valence electrons. The molecule has 0 aliphatic carbocycles. The van der Waals surface area contributed by atoms with Crippen molar-refractivity contribution in [1.29, 1.82) is 0 Å². The fourth-order valence-corrected chi connectivity index (χ4v) is 2.73. The van der Waals surface area contributed by atoms with E-state index < -0.39 is 6.16 Å². The summed E-state index contributed by atoms with van der Waals surface area (Å²) in [6.45, 7) is 4.94. The summed E-state index contributed by atoms with van der Waals surface area (Å²) in [5.41, 5.74) is 0. The molecule has 0 aromatic carbocycles. The Balaban J connectivity index is 0. The van der Waals surface area contributed by atoms with Crippen LogP contribution in [0, 0.1) is 0 Å². The van der Waals surface area contributed by atoms with Gasteiger partial charge in [-0.15, -0.1) is 12.4 Å². The van der Waals surface area contributed by atoms with Crippen LogP contribution in [-0.2, 0) is 24.9 Å². The van der Waals surface area contributed by atoms with E-state index in [1.165, 1.54) is 90.1 Å². The Morgan fingerprint density at radius 1 is 0.714 bits per heavy atom. The lowest BCUT2D eigenvalue weighted by molar-refractivity contribution is -0.698. The Labute approximate surface area is 175 Å². The van der Waals surface area contributed by atoms with Gasteiger partial charge >= 0.3 is 6.16 Å². The lowest BCUT2D eigenvalue weighted by Crippen LogP contribution is -2.16. The molecule has 0 aromatic heterocycles.